The summed E-state index contributed by atoms with van der Waals surface area (Å²) in [6, 6.07) is 8.50. The Kier molecular flexibility index (Phi) is 3.62. The van der Waals surface area contributed by atoms with Crippen molar-refractivity contribution in [2.75, 3.05) is 0 Å². The minimum absolute atomic E-state index is 0.118. The Hall–Kier alpha value is -2.30. The highest BCUT2D eigenvalue weighted by molar-refractivity contribution is 5.94. The van der Waals surface area contributed by atoms with E-state index >= 15 is 0 Å². The van der Waals surface area contributed by atoms with Crippen LogP contribution in [0.15, 0.2) is 42.6 Å². The zero-order valence-electron chi connectivity index (χ0n) is 9.36. The molecule has 1 aromatic heterocycles. The van der Waals surface area contributed by atoms with Crippen molar-refractivity contribution in [3.8, 4) is 0 Å². The van der Waals surface area contributed by atoms with E-state index in [1.165, 1.54) is 6.07 Å². The van der Waals surface area contributed by atoms with Gasteiger partial charge >= 0.3 is 0 Å². The number of benzene rings is 1. The van der Waals surface area contributed by atoms with Gasteiger partial charge in [0.15, 0.2) is 0 Å². The van der Waals surface area contributed by atoms with Crippen LogP contribution in [-0.4, -0.2) is 10.9 Å². The van der Waals surface area contributed by atoms with E-state index in [0.29, 0.717) is 5.69 Å². The summed E-state index contributed by atoms with van der Waals surface area (Å²) < 4.78 is 26.6. The number of carbonyl (C=O) groups excluding carboxylic acids is 1. The summed E-state index contributed by atoms with van der Waals surface area (Å²) in [5, 5.41) is 2.42. The summed E-state index contributed by atoms with van der Waals surface area (Å²) in [5.74, 6) is -2.56. The lowest BCUT2D eigenvalue weighted by Gasteiger charge is -2.06. The fourth-order valence-corrected chi connectivity index (χ4v) is 1.48. The topological polar surface area (TPSA) is 42.0 Å². The number of halogens is 2. The van der Waals surface area contributed by atoms with E-state index < -0.39 is 23.1 Å². The van der Waals surface area contributed by atoms with Gasteiger partial charge in [-0.2, -0.15) is 0 Å². The van der Waals surface area contributed by atoms with Crippen molar-refractivity contribution in [2.24, 2.45) is 0 Å². The molecule has 0 unspecified atom stereocenters. The molecule has 0 fully saturated rings. The summed E-state index contributed by atoms with van der Waals surface area (Å²) in [6.07, 6.45) is 1.57. The lowest BCUT2D eigenvalue weighted by Crippen LogP contribution is -2.25. The van der Waals surface area contributed by atoms with Gasteiger partial charge in [-0.05, 0) is 24.3 Å². The van der Waals surface area contributed by atoms with E-state index in [1.807, 2.05) is 0 Å². The number of hydrogen-bond acceptors (Lipinski definition) is 2. The monoisotopic (exact) mass is 248 g/mol. The highest BCUT2D eigenvalue weighted by Gasteiger charge is 2.16. The summed E-state index contributed by atoms with van der Waals surface area (Å²) in [5.41, 5.74) is 0.0380. The van der Waals surface area contributed by atoms with E-state index in [4.69, 9.17) is 0 Å². The number of carbonyl (C=O) groups is 1. The fraction of sp³-hybridized carbons (Fsp3) is 0.0769. The highest BCUT2D eigenvalue weighted by atomic mass is 19.1. The third-order valence-electron chi connectivity index (χ3n) is 2.35. The number of rotatable bonds is 3. The molecule has 18 heavy (non-hydrogen) atoms. The van der Waals surface area contributed by atoms with Gasteiger partial charge in [0.2, 0.25) is 0 Å². The second kappa shape index (κ2) is 5.35. The van der Waals surface area contributed by atoms with Crippen molar-refractivity contribution in [1.29, 1.82) is 0 Å². The smallest absolute Gasteiger partial charge is 0.257 e. The third-order valence-corrected chi connectivity index (χ3v) is 2.35. The Morgan fingerprint density at radius 1 is 1.11 bits per heavy atom. The number of pyridine rings is 1. The molecule has 2 aromatic rings. The van der Waals surface area contributed by atoms with E-state index in [0.717, 1.165) is 12.1 Å². The molecule has 3 nitrogen and oxygen atoms in total. The number of hydrogen-bond donors (Lipinski definition) is 1. The predicted octanol–water partition coefficient (Wildman–Crippen LogP) is 2.29. The fourth-order valence-electron chi connectivity index (χ4n) is 1.48. The Bertz CT molecular complexity index is 538. The Labute approximate surface area is 102 Å². The molecule has 1 heterocycles. The van der Waals surface area contributed by atoms with E-state index in [9.17, 15) is 13.6 Å². The predicted molar refractivity (Wildman–Crippen MR) is 61.8 cm³/mol. The number of nitrogens with one attached hydrogen (secondary N) is 1. The molecule has 0 radical (unpaired) electrons. The summed E-state index contributed by atoms with van der Waals surface area (Å²) in [6.45, 7) is 0.118. The molecule has 0 spiro atoms. The zero-order chi connectivity index (χ0) is 13.0. The van der Waals surface area contributed by atoms with Crippen molar-refractivity contribution in [2.45, 2.75) is 6.54 Å². The second-order valence-corrected chi connectivity index (χ2v) is 3.60. The first kappa shape index (κ1) is 12.2. The standard InChI is InChI=1S/C13H10F2N2O/c14-10-5-3-6-11(15)12(10)13(18)17-8-9-4-1-2-7-16-9/h1-7H,8H2,(H,17,18). The van der Waals surface area contributed by atoms with E-state index in [2.05, 4.69) is 10.3 Å². The van der Waals surface area contributed by atoms with Crippen molar-refractivity contribution < 1.29 is 13.6 Å². The first-order valence-corrected chi connectivity index (χ1v) is 5.30. The second-order valence-electron chi connectivity index (χ2n) is 3.60. The van der Waals surface area contributed by atoms with Gasteiger partial charge in [0.25, 0.3) is 5.91 Å². The molecule has 0 saturated carbocycles. The molecule has 1 amide bonds. The molecule has 0 atom stereocenters. The molecular weight excluding hydrogens is 238 g/mol. The average Bonchev–Trinajstić information content (AvgIpc) is 2.37. The van der Waals surface area contributed by atoms with Gasteiger partial charge in [-0.1, -0.05) is 12.1 Å². The van der Waals surface area contributed by atoms with Crippen LogP contribution in [0.4, 0.5) is 8.78 Å². The van der Waals surface area contributed by atoms with Gasteiger partial charge in [0, 0.05) is 6.20 Å². The van der Waals surface area contributed by atoms with Crippen LogP contribution in [0, 0.1) is 11.6 Å². The van der Waals surface area contributed by atoms with Gasteiger partial charge in [-0.25, -0.2) is 8.78 Å². The maximum absolute atomic E-state index is 13.3. The van der Waals surface area contributed by atoms with Crippen LogP contribution in [0.25, 0.3) is 0 Å². The first-order chi connectivity index (χ1) is 8.68. The highest BCUT2D eigenvalue weighted by Crippen LogP contribution is 2.11. The van der Waals surface area contributed by atoms with Gasteiger partial charge < -0.3 is 5.32 Å². The summed E-state index contributed by atoms with van der Waals surface area (Å²) in [4.78, 5) is 15.6. The Balaban J connectivity index is 2.09. The van der Waals surface area contributed by atoms with Crippen molar-refractivity contribution in [3.05, 3.63) is 65.5 Å². The summed E-state index contributed by atoms with van der Waals surface area (Å²) in [7, 11) is 0. The van der Waals surface area contributed by atoms with Gasteiger partial charge in [0.1, 0.15) is 17.2 Å². The molecule has 1 aromatic carbocycles. The quantitative estimate of drug-likeness (QED) is 0.905. The molecule has 92 valence electrons. The SMILES string of the molecule is O=C(NCc1ccccn1)c1c(F)cccc1F. The van der Waals surface area contributed by atoms with Crippen LogP contribution in [0.5, 0.6) is 0 Å². The molecular formula is C13H10F2N2O. The molecule has 0 saturated heterocycles. The minimum atomic E-state index is -0.881. The Morgan fingerprint density at radius 2 is 1.83 bits per heavy atom. The largest absolute Gasteiger partial charge is 0.346 e. The van der Waals surface area contributed by atoms with Crippen LogP contribution in [-0.2, 0) is 6.54 Å². The molecule has 1 N–H and O–H groups in total. The van der Waals surface area contributed by atoms with Crippen LogP contribution >= 0.6 is 0 Å². The normalized spacial score (nSPS) is 10.1. The maximum atomic E-state index is 13.3. The molecule has 5 heteroatoms. The number of nitrogens with zero attached hydrogens (tertiary/aromatic N) is 1. The van der Waals surface area contributed by atoms with Crippen molar-refractivity contribution >= 4 is 5.91 Å². The van der Waals surface area contributed by atoms with Crippen LogP contribution in [0.1, 0.15) is 16.1 Å². The lowest BCUT2D eigenvalue weighted by atomic mass is 10.2. The molecule has 0 aliphatic heterocycles. The number of aromatic nitrogens is 1. The average molecular weight is 248 g/mol. The molecule has 0 bridgehead atoms. The molecule has 0 aliphatic carbocycles. The van der Waals surface area contributed by atoms with E-state index in [-0.39, 0.29) is 6.54 Å². The van der Waals surface area contributed by atoms with Gasteiger partial charge in [-0.15, -0.1) is 0 Å². The maximum Gasteiger partial charge on any atom is 0.257 e. The molecule has 0 aliphatic rings. The van der Waals surface area contributed by atoms with Crippen molar-refractivity contribution in [3.63, 3.8) is 0 Å². The zero-order valence-corrected chi connectivity index (χ0v) is 9.36. The minimum Gasteiger partial charge on any atom is -0.346 e. The van der Waals surface area contributed by atoms with E-state index in [1.54, 1.807) is 24.4 Å². The van der Waals surface area contributed by atoms with Crippen LogP contribution in [0.2, 0.25) is 0 Å². The van der Waals surface area contributed by atoms with Crippen molar-refractivity contribution in [1.82, 2.24) is 10.3 Å². The van der Waals surface area contributed by atoms with Crippen LogP contribution in [0.3, 0.4) is 0 Å². The molecule has 2 rings (SSSR count). The summed E-state index contributed by atoms with van der Waals surface area (Å²) >= 11 is 0. The Morgan fingerprint density at radius 3 is 2.44 bits per heavy atom. The number of amides is 1. The van der Waals surface area contributed by atoms with Gasteiger partial charge in [0.05, 0.1) is 12.2 Å². The van der Waals surface area contributed by atoms with Gasteiger partial charge in [-0.3, -0.25) is 9.78 Å². The van der Waals surface area contributed by atoms with Crippen LogP contribution < -0.4 is 5.32 Å². The third kappa shape index (κ3) is 2.68. The first-order valence-electron chi connectivity index (χ1n) is 5.30. The lowest BCUT2D eigenvalue weighted by molar-refractivity contribution is 0.0942.